The molecule has 0 fully saturated rings. The van der Waals surface area contributed by atoms with E-state index < -0.39 is 23.8 Å². The molecule has 2 atom stereocenters. The van der Waals surface area contributed by atoms with Crippen molar-refractivity contribution in [1.29, 1.82) is 0 Å². The number of hydrogen-bond donors (Lipinski definition) is 2. The largest absolute Gasteiger partial charge is 0.444 e. The van der Waals surface area contributed by atoms with Crippen LogP contribution in [-0.2, 0) is 20.7 Å². The van der Waals surface area contributed by atoms with E-state index in [9.17, 15) is 14.4 Å². The van der Waals surface area contributed by atoms with Crippen molar-refractivity contribution < 1.29 is 19.1 Å². The van der Waals surface area contributed by atoms with Crippen LogP contribution in [-0.4, -0.2) is 53.0 Å². The Morgan fingerprint density at radius 1 is 1.00 bits per heavy atom. The molecule has 0 bridgehead atoms. The maximum absolute atomic E-state index is 14.4. The highest BCUT2D eigenvalue weighted by Gasteiger charge is 2.36. The summed E-state index contributed by atoms with van der Waals surface area (Å²) in [6, 6.07) is 11.5. The number of carbonyl (C=O) groups is 3. The van der Waals surface area contributed by atoms with E-state index in [1.54, 1.807) is 43.5 Å². The number of nitrogens with one attached hydrogen (secondary N) is 2. The summed E-state index contributed by atoms with van der Waals surface area (Å²) in [6.07, 6.45) is 7.47. The van der Waals surface area contributed by atoms with Gasteiger partial charge in [0.15, 0.2) is 0 Å². The maximum Gasteiger partial charge on any atom is 0.408 e. The van der Waals surface area contributed by atoms with Crippen molar-refractivity contribution in [1.82, 2.24) is 10.2 Å². The number of thioether (sulfide) groups is 1. The number of aryl methyl sites for hydroxylation is 2. The molecule has 7 nitrogen and oxygen atoms in total. The Balaban J connectivity index is 2.57. The summed E-state index contributed by atoms with van der Waals surface area (Å²) in [5.41, 5.74) is 2.45. The quantitative estimate of drug-likeness (QED) is 0.182. The highest BCUT2D eigenvalue weighted by molar-refractivity contribution is 7.98. The van der Waals surface area contributed by atoms with Crippen molar-refractivity contribution in [3.05, 3.63) is 64.2 Å². The van der Waals surface area contributed by atoms with Crippen molar-refractivity contribution in [2.24, 2.45) is 0 Å². The average molecular weight is 632 g/mol. The minimum atomic E-state index is -0.933. The zero-order chi connectivity index (χ0) is 32.0. The lowest BCUT2D eigenvalue weighted by Gasteiger charge is -2.35. The van der Waals surface area contributed by atoms with Gasteiger partial charge >= 0.3 is 6.09 Å². The zero-order valence-electron chi connectivity index (χ0n) is 26.9. The van der Waals surface area contributed by atoms with Crippen LogP contribution in [0.2, 0.25) is 5.02 Å². The summed E-state index contributed by atoms with van der Waals surface area (Å²) >= 11 is 8.09. The number of amides is 3. The molecule has 238 valence electrons. The second-order valence-electron chi connectivity index (χ2n) is 11.8. The van der Waals surface area contributed by atoms with Crippen LogP contribution in [0.3, 0.4) is 0 Å². The van der Waals surface area contributed by atoms with E-state index in [1.165, 1.54) is 0 Å². The highest BCUT2D eigenvalue weighted by atomic mass is 35.5. The van der Waals surface area contributed by atoms with Crippen LogP contribution in [0.15, 0.2) is 42.5 Å². The Hall–Kier alpha value is -2.71. The van der Waals surface area contributed by atoms with Crippen LogP contribution in [0, 0.1) is 6.92 Å². The Morgan fingerprint density at radius 2 is 1.67 bits per heavy atom. The van der Waals surface area contributed by atoms with Crippen molar-refractivity contribution in [3.8, 4) is 0 Å². The summed E-state index contributed by atoms with van der Waals surface area (Å²) in [6.45, 7) is 11.8. The summed E-state index contributed by atoms with van der Waals surface area (Å²) in [5.74, 6) is -0.0218. The molecule has 0 spiro atoms. The summed E-state index contributed by atoms with van der Waals surface area (Å²) in [7, 11) is 0. The molecule has 2 aromatic rings. The summed E-state index contributed by atoms with van der Waals surface area (Å²) in [4.78, 5) is 43.1. The van der Waals surface area contributed by atoms with E-state index in [4.69, 9.17) is 16.3 Å². The Bertz CT molecular complexity index is 1160. The molecule has 2 N–H and O–H groups in total. The first-order valence-corrected chi connectivity index (χ1v) is 17.1. The monoisotopic (exact) mass is 631 g/mol. The number of unbranched alkanes of at least 4 members (excludes halogenated alkanes) is 4. The second-order valence-corrected chi connectivity index (χ2v) is 13.2. The fraction of sp³-hybridized carbons (Fsp3) is 0.559. The molecule has 0 aliphatic rings. The highest BCUT2D eigenvalue weighted by Crippen LogP contribution is 2.30. The number of halogens is 1. The van der Waals surface area contributed by atoms with E-state index >= 15 is 0 Å². The molecule has 2 rings (SSSR count). The van der Waals surface area contributed by atoms with Gasteiger partial charge in [-0.05, 0) is 81.7 Å². The van der Waals surface area contributed by atoms with Gasteiger partial charge in [0.25, 0.3) is 5.91 Å². The molecule has 9 heteroatoms. The van der Waals surface area contributed by atoms with Crippen LogP contribution >= 0.6 is 23.4 Å². The molecule has 0 radical (unpaired) electrons. The summed E-state index contributed by atoms with van der Waals surface area (Å²) < 4.78 is 5.51. The number of ether oxygens (including phenoxy) is 1. The first kappa shape index (κ1) is 36.5. The molecule has 3 amide bonds. The maximum atomic E-state index is 14.4. The minimum Gasteiger partial charge on any atom is -0.444 e. The molecule has 43 heavy (non-hydrogen) atoms. The van der Waals surface area contributed by atoms with Gasteiger partial charge in [0.1, 0.15) is 17.7 Å². The van der Waals surface area contributed by atoms with Crippen LogP contribution in [0.5, 0.6) is 0 Å². The number of hydrogen-bond acceptors (Lipinski definition) is 5. The SMILES string of the molecule is CCCCCCCN(C(=O)C(CCSC)NC(=O)OC(C)(C)C)C(C(=O)Nc1c(C)cccc1Cl)c1ccc(CC)cc1. The van der Waals surface area contributed by atoms with Crippen LogP contribution in [0.25, 0.3) is 0 Å². The van der Waals surface area contributed by atoms with E-state index in [2.05, 4.69) is 24.5 Å². The van der Waals surface area contributed by atoms with Gasteiger partial charge in [-0.3, -0.25) is 9.59 Å². The van der Waals surface area contributed by atoms with Crippen molar-refractivity contribution in [3.63, 3.8) is 0 Å². The molecule has 0 aromatic heterocycles. The fourth-order valence-electron chi connectivity index (χ4n) is 4.79. The van der Waals surface area contributed by atoms with Gasteiger partial charge in [0, 0.05) is 6.54 Å². The topological polar surface area (TPSA) is 87.7 Å². The van der Waals surface area contributed by atoms with E-state index in [1.807, 2.05) is 49.6 Å². The third-order valence-electron chi connectivity index (χ3n) is 7.12. The van der Waals surface area contributed by atoms with Gasteiger partial charge in [-0.25, -0.2) is 4.79 Å². The van der Waals surface area contributed by atoms with Gasteiger partial charge in [-0.2, -0.15) is 11.8 Å². The van der Waals surface area contributed by atoms with Gasteiger partial charge in [0.05, 0.1) is 10.7 Å². The molecular weight excluding hydrogens is 582 g/mol. The van der Waals surface area contributed by atoms with Crippen LogP contribution in [0.4, 0.5) is 10.5 Å². The van der Waals surface area contributed by atoms with Crippen molar-refractivity contribution >= 4 is 47.0 Å². The Kier molecular flexibility index (Phi) is 15.4. The number of para-hydroxylation sites is 1. The normalized spacial score (nSPS) is 12.7. The number of alkyl carbamates (subject to hydrolysis) is 1. The number of benzene rings is 2. The molecule has 0 saturated carbocycles. The standard InChI is InChI=1S/C34H50ClN3O4S/c1-8-10-11-12-13-22-38(32(40)28(21-23-43-7)36-33(41)42-34(4,5)6)30(26-19-17-25(9-2)18-20-26)31(39)37-29-24(3)15-14-16-27(29)35/h14-20,28,30H,8-13,21-23H2,1-7H3,(H,36,41)(H,37,39). The molecule has 0 heterocycles. The molecule has 2 aromatic carbocycles. The smallest absolute Gasteiger partial charge is 0.408 e. The van der Waals surface area contributed by atoms with Gasteiger partial charge in [-0.1, -0.05) is 87.5 Å². The lowest BCUT2D eigenvalue weighted by Crippen LogP contribution is -2.52. The first-order chi connectivity index (χ1) is 20.4. The second kappa shape index (κ2) is 18.2. The number of nitrogens with zero attached hydrogens (tertiary/aromatic N) is 1. The fourth-order valence-corrected chi connectivity index (χ4v) is 5.53. The molecule has 0 aliphatic carbocycles. The Morgan fingerprint density at radius 3 is 2.26 bits per heavy atom. The Labute approximate surface area is 267 Å². The number of rotatable bonds is 16. The molecular formula is C34H50ClN3O4S. The minimum absolute atomic E-state index is 0.314. The van der Waals surface area contributed by atoms with Gasteiger partial charge < -0.3 is 20.3 Å². The van der Waals surface area contributed by atoms with E-state index in [0.717, 1.165) is 49.7 Å². The van der Waals surface area contributed by atoms with Crippen molar-refractivity contribution in [2.75, 3.05) is 23.9 Å². The van der Waals surface area contributed by atoms with E-state index in [0.29, 0.717) is 35.0 Å². The molecule has 0 aliphatic heterocycles. The lowest BCUT2D eigenvalue weighted by atomic mass is 9.99. The average Bonchev–Trinajstić information content (AvgIpc) is 2.95. The van der Waals surface area contributed by atoms with Gasteiger partial charge in [-0.15, -0.1) is 0 Å². The third-order valence-corrected chi connectivity index (χ3v) is 8.08. The summed E-state index contributed by atoms with van der Waals surface area (Å²) in [5, 5.41) is 6.26. The van der Waals surface area contributed by atoms with E-state index in [-0.39, 0.29) is 11.8 Å². The predicted molar refractivity (Wildman–Crippen MR) is 180 cm³/mol. The van der Waals surface area contributed by atoms with Crippen LogP contribution in [0.1, 0.15) is 95.9 Å². The van der Waals surface area contributed by atoms with Crippen molar-refractivity contribution in [2.45, 2.75) is 104 Å². The first-order valence-electron chi connectivity index (χ1n) is 15.4. The lowest BCUT2D eigenvalue weighted by molar-refractivity contribution is -0.141. The zero-order valence-corrected chi connectivity index (χ0v) is 28.5. The predicted octanol–water partition coefficient (Wildman–Crippen LogP) is 8.34. The third kappa shape index (κ3) is 12.1. The number of anilines is 1. The number of carbonyl (C=O) groups excluding carboxylic acids is 3. The molecule has 0 saturated heterocycles. The van der Waals surface area contributed by atoms with Crippen LogP contribution < -0.4 is 10.6 Å². The molecule has 2 unspecified atom stereocenters. The van der Waals surface area contributed by atoms with Gasteiger partial charge in [0.2, 0.25) is 5.91 Å².